The number of likely N-dealkylation sites (N-methyl/N-ethyl adjacent to an activating group) is 1. The Labute approximate surface area is 91.1 Å². The second-order valence-electron chi connectivity index (χ2n) is 4.02. The van der Waals surface area contributed by atoms with E-state index in [0.717, 1.165) is 31.0 Å². The molecule has 1 rings (SSSR count). The SMILES string of the molecule is CC(=O)CCN(C)CCc1ccc(C)o1. The van der Waals surface area contributed by atoms with Crippen LogP contribution in [0.4, 0.5) is 0 Å². The van der Waals surface area contributed by atoms with Crippen molar-refractivity contribution < 1.29 is 9.21 Å². The van der Waals surface area contributed by atoms with E-state index in [2.05, 4.69) is 4.90 Å². The van der Waals surface area contributed by atoms with E-state index in [1.165, 1.54) is 0 Å². The number of hydrogen-bond donors (Lipinski definition) is 0. The van der Waals surface area contributed by atoms with Crippen LogP contribution in [0.5, 0.6) is 0 Å². The highest BCUT2D eigenvalue weighted by atomic mass is 16.3. The summed E-state index contributed by atoms with van der Waals surface area (Å²) < 4.78 is 5.47. The summed E-state index contributed by atoms with van der Waals surface area (Å²) in [6.45, 7) is 5.34. The Balaban J connectivity index is 2.22. The van der Waals surface area contributed by atoms with Gasteiger partial charge in [-0.3, -0.25) is 4.79 Å². The Bertz CT molecular complexity index is 317. The monoisotopic (exact) mass is 209 g/mol. The van der Waals surface area contributed by atoms with E-state index in [-0.39, 0.29) is 5.78 Å². The third kappa shape index (κ3) is 4.79. The molecule has 0 saturated heterocycles. The van der Waals surface area contributed by atoms with Gasteiger partial charge in [0.15, 0.2) is 0 Å². The third-order valence-electron chi connectivity index (χ3n) is 2.38. The van der Waals surface area contributed by atoms with Crippen LogP contribution in [-0.2, 0) is 11.2 Å². The molecule has 0 N–H and O–H groups in total. The van der Waals surface area contributed by atoms with E-state index in [1.807, 2.05) is 26.1 Å². The average molecular weight is 209 g/mol. The predicted octanol–water partition coefficient (Wildman–Crippen LogP) is 2.04. The zero-order valence-corrected chi connectivity index (χ0v) is 9.75. The fraction of sp³-hybridized carbons (Fsp3) is 0.583. The molecule has 0 amide bonds. The van der Waals surface area contributed by atoms with Gasteiger partial charge in [-0.25, -0.2) is 0 Å². The number of furan rings is 1. The number of aryl methyl sites for hydroxylation is 1. The summed E-state index contributed by atoms with van der Waals surface area (Å²) in [7, 11) is 2.03. The van der Waals surface area contributed by atoms with E-state index in [1.54, 1.807) is 6.92 Å². The topological polar surface area (TPSA) is 33.5 Å². The van der Waals surface area contributed by atoms with Gasteiger partial charge < -0.3 is 9.32 Å². The van der Waals surface area contributed by atoms with Crippen molar-refractivity contribution in [2.24, 2.45) is 0 Å². The highest BCUT2D eigenvalue weighted by Crippen LogP contribution is 2.07. The fourth-order valence-electron chi connectivity index (χ4n) is 1.38. The molecule has 0 aliphatic heterocycles. The first-order valence-corrected chi connectivity index (χ1v) is 5.31. The molecule has 0 fully saturated rings. The lowest BCUT2D eigenvalue weighted by Crippen LogP contribution is -2.23. The van der Waals surface area contributed by atoms with E-state index < -0.39 is 0 Å². The molecule has 0 spiro atoms. The molecule has 1 aromatic heterocycles. The highest BCUT2D eigenvalue weighted by molar-refractivity contribution is 5.75. The maximum Gasteiger partial charge on any atom is 0.131 e. The van der Waals surface area contributed by atoms with Gasteiger partial charge in [-0.1, -0.05) is 0 Å². The van der Waals surface area contributed by atoms with Crippen LogP contribution in [0.15, 0.2) is 16.5 Å². The van der Waals surface area contributed by atoms with Crippen molar-refractivity contribution >= 4 is 5.78 Å². The summed E-state index contributed by atoms with van der Waals surface area (Å²) in [4.78, 5) is 12.9. The lowest BCUT2D eigenvalue weighted by Gasteiger charge is -2.14. The fourth-order valence-corrected chi connectivity index (χ4v) is 1.38. The number of ketones is 1. The van der Waals surface area contributed by atoms with Crippen LogP contribution >= 0.6 is 0 Å². The summed E-state index contributed by atoms with van der Waals surface area (Å²) >= 11 is 0. The molecule has 0 aromatic carbocycles. The van der Waals surface area contributed by atoms with Crippen LogP contribution in [0.1, 0.15) is 24.9 Å². The molecule has 1 aromatic rings. The van der Waals surface area contributed by atoms with Gasteiger partial charge in [0.2, 0.25) is 0 Å². The lowest BCUT2D eigenvalue weighted by molar-refractivity contribution is -0.117. The maximum atomic E-state index is 10.8. The first-order valence-electron chi connectivity index (χ1n) is 5.31. The van der Waals surface area contributed by atoms with Crippen LogP contribution < -0.4 is 0 Å². The van der Waals surface area contributed by atoms with Gasteiger partial charge in [-0.05, 0) is 33.0 Å². The van der Waals surface area contributed by atoms with Crippen LogP contribution in [0.3, 0.4) is 0 Å². The predicted molar refractivity (Wildman–Crippen MR) is 59.9 cm³/mol. The van der Waals surface area contributed by atoms with E-state index in [9.17, 15) is 4.79 Å². The standard InChI is InChI=1S/C12H19NO2/c1-10(14)6-8-13(3)9-7-12-5-4-11(2)15-12/h4-5H,6-9H2,1-3H3. The molecular weight excluding hydrogens is 190 g/mol. The summed E-state index contributed by atoms with van der Waals surface area (Å²) in [5.74, 6) is 2.22. The van der Waals surface area contributed by atoms with Crippen molar-refractivity contribution in [1.82, 2.24) is 4.90 Å². The Morgan fingerprint density at radius 2 is 2.13 bits per heavy atom. The van der Waals surface area contributed by atoms with Crippen molar-refractivity contribution in [3.8, 4) is 0 Å². The van der Waals surface area contributed by atoms with E-state index >= 15 is 0 Å². The Kier molecular flexibility index (Phi) is 4.56. The van der Waals surface area contributed by atoms with Gasteiger partial charge in [-0.2, -0.15) is 0 Å². The molecule has 0 bridgehead atoms. The number of carbonyl (C=O) groups excluding carboxylic acids is 1. The molecule has 0 unspecified atom stereocenters. The smallest absolute Gasteiger partial charge is 0.131 e. The first kappa shape index (κ1) is 12.0. The number of carbonyl (C=O) groups is 1. The second kappa shape index (κ2) is 5.71. The van der Waals surface area contributed by atoms with E-state index in [0.29, 0.717) is 6.42 Å². The molecule has 0 atom stereocenters. The van der Waals surface area contributed by atoms with Crippen molar-refractivity contribution in [2.75, 3.05) is 20.1 Å². The van der Waals surface area contributed by atoms with Gasteiger partial charge in [0, 0.05) is 25.9 Å². The zero-order valence-electron chi connectivity index (χ0n) is 9.75. The van der Waals surface area contributed by atoms with Crippen LogP contribution in [0, 0.1) is 6.92 Å². The zero-order chi connectivity index (χ0) is 11.3. The van der Waals surface area contributed by atoms with Gasteiger partial charge in [0.1, 0.15) is 17.3 Å². The van der Waals surface area contributed by atoms with Gasteiger partial charge >= 0.3 is 0 Å². The number of rotatable bonds is 6. The molecule has 0 saturated carbocycles. The Morgan fingerprint density at radius 1 is 1.40 bits per heavy atom. The van der Waals surface area contributed by atoms with E-state index in [4.69, 9.17) is 4.42 Å². The largest absolute Gasteiger partial charge is 0.466 e. The quantitative estimate of drug-likeness (QED) is 0.719. The minimum Gasteiger partial charge on any atom is -0.466 e. The van der Waals surface area contributed by atoms with Gasteiger partial charge in [-0.15, -0.1) is 0 Å². The van der Waals surface area contributed by atoms with Crippen molar-refractivity contribution in [2.45, 2.75) is 26.7 Å². The second-order valence-corrected chi connectivity index (χ2v) is 4.02. The molecular formula is C12H19NO2. The number of Topliss-reactive ketones (excluding diaryl/α,β-unsaturated/α-hetero) is 1. The number of hydrogen-bond acceptors (Lipinski definition) is 3. The molecule has 84 valence electrons. The van der Waals surface area contributed by atoms with Crippen molar-refractivity contribution in [1.29, 1.82) is 0 Å². The van der Waals surface area contributed by atoms with Crippen molar-refractivity contribution in [3.05, 3.63) is 23.7 Å². The normalized spacial score (nSPS) is 10.9. The van der Waals surface area contributed by atoms with Crippen LogP contribution in [0.25, 0.3) is 0 Å². The van der Waals surface area contributed by atoms with Gasteiger partial charge in [0.25, 0.3) is 0 Å². The Hall–Kier alpha value is -1.09. The first-order chi connectivity index (χ1) is 7.08. The summed E-state index contributed by atoms with van der Waals surface area (Å²) in [5, 5.41) is 0. The lowest BCUT2D eigenvalue weighted by atomic mass is 10.2. The molecule has 0 aliphatic rings. The molecule has 3 nitrogen and oxygen atoms in total. The molecule has 3 heteroatoms. The summed E-state index contributed by atoms with van der Waals surface area (Å²) in [6.07, 6.45) is 1.54. The Morgan fingerprint density at radius 3 is 2.67 bits per heavy atom. The minimum atomic E-state index is 0.246. The van der Waals surface area contributed by atoms with Gasteiger partial charge in [0.05, 0.1) is 0 Å². The molecule has 0 radical (unpaired) electrons. The average Bonchev–Trinajstić information content (AvgIpc) is 2.58. The minimum absolute atomic E-state index is 0.246. The highest BCUT2D eigenvalue weighted by Gasteiger charge is 2.03. The van der Waals surface area contributed by atoms with Crippen LogP contribution in [0.2, 0.25) is 0 Å². The third-order valence-corrected chi connectivity index (χ3v) is 2.38. The maximum absolute atomic E-state index is 10.8. The number of nitrogens with zero attached hydrogens (tertiary/aromatic N) is 1. The molecule has 0 aliphatic carbocycles. The van der Waals surface area contributed by atoms with Crippen molar-refractivity contribution in [3.63, 3.8) is 0 Å². The molecule has 1 heterocycles. The summed E-state index contributed by atoms with van der Waals surface area (Å²) in [5.41, 5.74) is 0. The summed E-state index contributed by atoms with van der Waals surface area (Å²) in [6, 6.07) is 3.99. The van der Waals surface area contributed by atoms with Crippen LogP contribution in [-0.4, -0.2) is 30.8 Å². The molecule has 15 heavy (non-hydrogen) atoms.